The number of nitrogens with zero attached hydrogens (tertiary/aromatic N) is 2. The van der Waals surface area contributed by atoms with E-state index in [0.717, 1.165) is 13.1 Å². The van der Waals surface area contributed by atoms with Crippen molar-refractivity contribution in [3.8, 4) is 0 Å². The highest BCUT2D eigenvalue weighted by Crippen LogP contribution is 2.36. The zero-order valence-electron chi connectivity index (χ0n) is 10.1. The van der Waals surface area contributed by atoms with Gasteiger partial charge in [-0.25, -0.2) is 0 Å². The summed E-state index contributed by atoms with van der Waals surface area (Å²) in [5.74, 6) is 0.553. The van der Waals surface area contributed by atoms with Crippen LogP contribution in [0.4, 0.5) is 0 Å². The molecule has 1 saturated heterocycles. The molecule has 0 aromatic carbocycles. The Morgan fingerprint density at radius 3 is 2.88 bits per heavy atom. The van der Waals surface area contributed by atoms with Gasteiger partial charge in [-0.3, -0.25) is 9.88 Å². The summed E-state index contributed by atoms with van der Waals surface area (Å²) in [6.45, 7) is 6.38. The fourth-order valence-corrected chi connectivity index (χ4v) is 2.67. The van der Waals surface area contributed by atoms with Crippen LogP contribution in [0.15, 0.2) is 24.4 Å². The monoisotopic (exact) mass is 219 g/mol. The van der Waals surface area contributed by atoms with Crippen LogP contribution in [0.1, 0.15) is 32.0 Å². The molecule has 3 nitrogen and oxygen atoms in total. The van der Waals surface area contributed by atoms with E-state index >= 15 is 0 Å². The van der Waals surface area contributed by atoms with E-state index in [2.05, 4.69) is 35.9 Å². The zero-order chi connectivity index (χ0) is 11.5. The smallest absolute Gasteiger partial charge is 0.0578 e. The number of nitrogens with two attached hydrogens (primary N) is 1. The zero-order valence-corrected chi connectivity index (χ0v) is 10.1. The van der Waals surface area contributed by atoms with Crippen molar-refractivity contribution in [1.29, 1.82) is 0 Å². The van der Waals surface area contributed by atoms with Gasteiger partial charge in [-0.1, -0.05) is 6.07 Å². The third kappa shape index (κ3) is 2.11. The van der Waals surface area contributed by atoms with E-state index in [1.54, 1.807) is 0 Å². The highest BCUT2D eigenvalue weighted by molar-refractivity contribution is 5.12. The van der Waals surface area contributed by atoms with Crippen molar-refractivity contribution in [3.05, 3.63) is 30.1 Å². The normalized spacial score (nSPS) is 26.5. The molecule has 2 rings (SSSR count). The van der Waals surface area contributed by atoms with Gasteiger partial charge in [-0.05, 0) is 51.4 Å². The van der Waals surface area contributed by atoms with Gasteiger partial charge in [0.25, 0.3) is 0 Å². The minimum atomic E-state index is 0.409. The fraction of sp³-hybridized carbons (Fsp3) is 0.615. The van der Waals surface area contributed by atoms with E-state index in [4.69, 9.17) is 5.73 Å². The molecule has 1 aromatic heterocycles. The van der Waals surface area contributed by atoms with Crippen molar-refractivity contribution in [3.63, 3.8) is 0 Å². The molecule has 0 aliphatic carbocycles. The Morgan fingerprint density at radius 2 is 2.31 bits per heavy atom. The molecule has 1 aromatic rings. The van der Waals surface area contributed by atoms with Crippen LogP contribution in [0, 0.1) is 5.92 Å². The summed E-state index contributed by atoms with van der Waals surface area (Å²) in [5.41, 5.74) is 7.04. The maximum absolute atomic E-state index is 5.87. The first-order valence-electron chi connectivity index (χ1n) is 6.10. The number of likely N-dealkylation sites (tertiary alicyclic amines) is 1. The maximum atomic E-state index is 5.87. The summed E-state index contributed by atoms with van der Waals surface area (Å²) in [6, 6.07) is 7.12. The Morgan fingerprint density at radius 1 is 1.50 bits per heavy atom. The van der Waals surface area contributed by atoms with Crippen molar-refractivity contribution in [2.24, 2.45) is 11.7 Å². The maximum Gasteiger partial charge on any atom is 0.0578 e. The van der Waals surface area contributed by atoms with Crippen LogP contribution in [0.25, 0.3) is 0 Å². The van der Waals surface area contributed by atoms with Crippen LogP contribution in [-0.4, -0.2) is 29.0 Å². The fourth-order valence-electron chi connectivity index (χ4n) is 2.67. The second kappa shape index (κ2) is 4.93. The summed E-state index contributed by atoms with van der Waals surface area (Å²) in [4.78, 5) is 7.01. The molecule has 2 atom stereocenters. The minimum Gasteiger partial charge on any atom is -0.330 e. The van der Waals surface area contributed by atoms with E-state index in [1.807, 2.05) is 12.3 Å². The molecule has 88 valence electrons. The summed E-state index contributed by atoms with van der Waals surface area (Å²) in [5, 5.41) is 0. The second-order valence-corrected chi connectivity index (χ2v) is 4.82. The van der Waals surface area contributed by atoms with Crippen molar-refractivity contribution in [2.75, 3.05) is 13.1 Å². The van der Waals surface area contributed by atoms with Crippen LogP contribution in [0.5, 0.6) is 0 Å². The molecule has 1 fully saturated rings. The predicted molar refractivity (Wildman–Crippen MR) is 66.0 cm³/mol. The molecule has 3 heteroatoms. The number of aromatic nitrogens is 1. The average Bonchev–Trinajstić information content (AvgIpc) is 2.73. The molecule has 0 spiro atoms. The number of pyridine rings is 1. The van der Waals surface area contributed by atoms with E-state index in [1.165, 1.54) is 12.1 Å². The lowest BCUT2D eigenvalue weighted by atomic mass is 9.97. The summed E-state index contributed by atoms with van der Waals surface area (Å²) >= 11 is 0. The van der Waals surface area contributed by atoms with Crippen LogP contribution in [-0.2, 0) is 0 Å². The van der Waals surface area contributed by atoms with Gasteiger partial charge in [0.2, 0.25) is 0 Å². The highest BCUT2D eigenvalue weighted by Gasteiger charge is 2.36. The largest absolute Gasteiger partial charge is 0.330 e. The van der Waals surface area contributed by atoms with Crippen LogP contribution >= 0.6 is 0 Å². The van der Waals surface area contributed by atoms with Crippen molar-refractivity contribution >= 4 is 0 Å². The molecular weight excluding hydrogens is 198 g/mol. The van der Waals surface area contributed by atoms with Crippen molar-refractivity contribution in [2.45, 2.75) is 32.4 Å². The Hall–Kier alpha value is -0.930. The van der Waals surface area contributed by atoms with Gasteiger partial charge >= 0.3 is 0 Å². The van der Waals surface area contributed by atoms with Gasteiger partial charge in [0.05, 0.1) is 11.7 Å². The van der Waals surface area contributed by atoms with Crippen LogP contribution in [0.2, 0.25) is 0 Å². The number of hydrogen-bond acceptors (Lipinski definition) is 3. The standard InChI is InChI=1S/C13H21N3/c1-10(2)16-8-6-11(9-14)13(16)12-5-3-4-7-15-12/h3-5,7,10-11,13H,6,8-9,14H2,1-2H3. The molecule has 1 aliphatic rings. The first-order valence-corrected chi connectivity index (χ1v) is 6.10. The van der Waals surface area contributed by atoms with Gasteiger partial charge in [-0.15, -0.1) is 0 Å². The third-order valence-electron chi connectivity index (χ3n) is 3.52. The number of rotatable bonds is 3. The van der Waals surface area contributed by atoms with Crippen molar-refractivity contribution < 1.29 is 0 Å². The lowest BCUT2D eigenvalue weighted by molar-refractivity contribution is 0.181. The van der Waals surface area contributed by atoms with Crippen LogP contribution < -0.4 is 5.73 Å². The van der Waals surface area contributed by atoms with Gasteiger partial charge in [0.15, 0.2) is 0 Å². The molecule has 0 amide bonds. The van der Waals surface area contributed by atoms with Crippen molar-refractivity contribution in [1.82, 2.24) is 9.88 Å². The minimum absolute atomic E-state index is 0.409. The summed E-state index contributed by atoms with van der Waals surface area (Å²) in [6.07, 6.45) is 3.07. The molecule has 0 saturated carbocycles. The molecule has 2 unspecified atom stereocenters. The summed E-state index contributed by atoms with van der Waals surface area (Å²) < 4.78 is 0. The molecule has 0 radical (unpaired) electrons. The first kappa shape index (κ1) is 11.6. The molecule has 16 heavy (non-hydrogen) atoms. The molecule has 2 heterocycles. The van der Waals surface area contributed by atoms with E-state index < -0.39 is 0 Å². The molecular formula is C13H21N3. The lowest BCUT2D eigenvalue weighted by Gasteiger charge is -2.30. The molecule has 0 bridgehead atoms. The van der Waals surface area contributed by atoms with E-state index in [9.17, 15) is 0 Å². The Labute approximate surface area is 97.7 Å². The van der Waals surface area contributed by atoms with Gasteiger partial charge < -0.3 is 5.73 Å². The predicted octanol–water partition coefficient (Wildman–Crippen LogP) is 1.81. The quantitative estimate of drug-likeness (QED) is 0.843. The Kier molecular flexibility index (Phi) is 3.56. The Balaban J connectivity index is 2.26. The van der Waals surface area contributed by atoms with Crippen LogP contribution in [0.3, 0.4) is 0 Å². The average molecular weight is 219 g/mol. The van der Waals surface area contributed by atoms with Gasteiger partial charge in [0, 0.05) is 12.2 Å². The number of hydrogen-bond donors (Lipinski definition) is 1. The second-order valence-electron chi connectivity index (χ2n) is 4.82. The van der Waals surface area contributed by atoms with Gasteiger partial charge in [-0.2, -0.15) is 0 Å². The SMILES string of the molecule is CC(C)N1CCC(CN)C1c1ccccn1. The van der Waals surface area contributed by atoms with E-state index in [-0.39, 0.29) is 0 Å². The van der Waals surface area contributed by atoms with Gasteiger partial charge in [0.1, 0.15) is 0 Å². The first-order chi connectivity index (χ1) is 7.74. The highest BCUT2D eigenvalue weighted by atomic mass is 15.2. The van der Waals surface area contributed by atoms with E-state index in [0.29, 0.717) is 18.0 Å². The Bertz CT molecular complexity index is 323. The molecule has 2 N–H and O–H groups in total. The molecule has 1 aliphatic heterocycles. The lowest BCUT2D eigenvalue weighted by Crippen LogP contribution is -2.33. The third-order valence-corrected chi connectivity index (χ3v) is 3.52. The summed E-state index contributed by atoms with van der Waals surface area (Å²) in [7, 11) is 0. The topological polar surface area (TPSA) is 42.1 Å².